The van der Waals surface area contributed by atoms with Crippen LogP contribution in [0.4, 0.5) is 0 Å². The fourth-order valence-electron chi connectivity index (χ4n) is 5.83. The molecule has 0 spiro atoms. The number of aryl methyl sites for hydroxylation is 1. The van der Waals surface area contributed by atoms with Gasteiger partial charge in [-0.2, -0.15) is 0 Å². The molecule has 0 amide bonds. The van der Waals surface area contributed by atoms with Crippen molar-refractivity contribution < 1.29 is 20.1 Å². The molecule has 6 nitrogen and oxygen atoms in total. The average Bonchev–Trinajstić information content (AvgIpc) is 2.88. The minimum absolute atomic E-state index is 0.00794. The molecule has 130 valence electrons. The van der Waals surface area contributed by atoms with Gasteiger partial charge in [-0.05, 0) is 72.6 Å². The van der Waals surface area contributed by atoms with Crippen LogP contribution in [0.15, 0.2) is 18.2 Å². The van der Waals surface area contributed by atoms with Crippen LogP contribution in [-0.4, -0.2) is 21.4 Å². The molecular weight excluding hydrogens is 310 g/mol. The summed E-state index contributed by atoms with van der Waals surface area (Å²) in [5, 5.41) is 31.8. The number of phenolic OH excluding ortho intramolecular Hbond substituents is 1. The van der Waals surface area contributed by atoms with Crippen LogP contribution in [0.25, 0.3) is 0 Å². The number of fused-ring (bicyclic) bond motifs is 5. The van der Waals surface area contributed by atoms with Crippen molar-refractivity contribution in [2.45, 2.75) is 57.2 Å². The lowest BCUT2D eigenvalue weighted by Gasteiger charge is -2.56. The highest BCUT2D eigenvalue weighted by molar-refractivity contribution is 5.42. The van der Waals surface area contributed by atoms with E-state index in [1.54, 1.807) is 18.2 Å². The summed E-state index contributed by atoms with van der Waals surface area (Å²) in [4.78, 5) is 16.1. The van der Waals surface area contributed by atoms with E-state index >= 15 is 0 Å². The van der Waals surface area contributed by atoms with Crippen molar-refractivity contribution in [2.24, 2.45) is 17.3 Å². The first-order valence-electron chi connectivity index (χ1n) is 8.70. The third-order valence-electron chi connectivity index (χ3n) is 6.81. The molecule has 0 saturated heterocycles. The van der Waals surface area contributed by atoms with E-state index in [9.17, 15) is 20.3 Å². The van der Waals surface area contributed by atoms with E-state index in [1.165, 1.54) is 0 Å². The van der Waals surface area contributed by atoms with Crippen molar-refractivity contribution in [1.82, 2.24) is 0 Å². The highest BCUT2D eigenvalue weighted by Gasteiger charge is 2.62. The Morgan fingerprint density at radius 1 is 1.33 bits per heavy atom. The maximum absolute atomic E-state index is 11.7. The molecule has 2 saturated carbocycles. The van der Waals surface area contributed by atoms with E-state index in [1.807, 2.05) is 0 Å². The second kappa shape index (κ2) is 5.09. The Balaban J connectivity index is 1.85. The van der Waals surface area contributed by atoms with Crippen LogP contribution in [0.3, 0.4) is 0 Å². The topological polar surface area (TPSA) is 92.8 Å². The van der Waals surface area contributed by atoms with Gasteiger partial charge in [-0.15, -0.1) is 10.1 Å². The molecule has 3 aliphatic rings. The number of aliphatic hydroxyl groups is 1. The number of hydrogen-bond acceptors (Lipinski definition) is 5. The third-order valence-corrected chi connectivity index (χ3v) is 6.81. The molecule has 2 N–H and O–H groups in total. The molecule has 3 aliphatic carbocycles. The standard InChI is InChI=1S/C18H23NO5/c1-17-8-2-3-14(17)15-6-4-11-9-12(20)5-7-13(11)18(15,21)16(10-17)24-19(22)23/h5,7,9,14-16,20-21H,2-4,6,8,10H2,1H3/t14-,15-,16-,17-,18-/m0/s1. The van der Waals surface area contributed by atoms with Gasteiger partial charge in [-0.3, -0.25) is 0 Å². The summed E-state index contributed by atoms with van der Waals surface area (Å²) in [7, 11) is 0. The smallest absolute Gasteiger partial charge is 0.294 e. The molecule has 1 aromatic carbocycles. The zero-order chi connectivity index (χ0) is 17.1. The first-order chi connectivity index (χ1) is 11.3. The van der Waals surface area contributed by atoms with Crippen LogP contribution in [0.1, 0.15) is 50.2 Å². The third kappa shape index (κ3) is 2.05. The lowest BCUT2D eigenvalue weighted by molar-refractivity contribution is -0.775. The van der Waals surface area contributed by atoms with Crippen molar-refractivity contribution in [1.29, 1.82) is 0 Å². The predicted octanol–water partition coefficient (Wildman–Crippen LogP) is 2.93. The van der Waals surface area contributed by atoms with Crippen molar-refractivity contribution in [3.8, 4) is 5.75 Å². The van der Waals surface area contributed by atoms with Gasteiger partial charge in [0.1, 0.15) is 17.5 Å². The van der Waals surface area contributed by atoms with Crippen LogP contribution < -0.4 is 0 Å². The molecule has 0 aromatic heterocycles. The van der Waals surface area contributed by atoms with E-state index < -0.39 is 16.8 Å². The lowest BCUT2D eigenvalue weighted by atomic mass is 9.52. The van der Waals surface area contributed by atoms with Gasteiger partial charge in [0.25, 0.3) is 5.09 Å². The van der Waals surface area contributed by atoms with Crippen LogP contribution in [0, 0.1) is 27.4 Å². The highest BCUT2D eigenvalue weighted by Crippen LogP contribution is 2.63. The summed E-state index contributed by atoms with van der Waals surface area (Å²) in [6.07, 6.45) is 4.36. The van der Waals surface area contributed by atoms with Crippen LogP contribution >= 0.6 is 0 Å². The Morgan fingerprint density at radius 2 is 2.12 bits per heavy atom. The molecule has 1 aromatic rings. The zero-order valence-corrected chi connectivity index (χ0v) is 13.8. The molecule has 24 heavy (non-hydrogen) atoms. The molecule has 0 bridgehead atoms. The van der Waals surface area contributed by atoms with Gasteiger partial charge in [0.15, 0.2) is 0 Å². The number of rotatable bonds is 2. The Bertz CT molecular complexity index is 692. The molecule has 5 atom stereocenters. The van der Waals surface area contributed by atoms with Gasteiger partial charge in [-0.25, -0.2) is 0 Å². The van der Waals surface area contributed by atoms with E-state index in [-0.39, 0.29) is 17.1 Å². The summed E-state index contributed by atoms with van der Waals surface area (Å²) in [6.45, 7) is 2.19. The molecule has 0 aliphatic heterocycles. The molecule has 0 radical (unpaired) electrons. The van der Waals surface area contributed by atoms with Crippen molar-refractivity contribution in [3.63, 3.8) is 0 Å². The fraction of sp³-hybridized carbons (Fsp3) is 0.667. The van der Waals surface area contributed by atoms with Crippen molar-refractivity contribution >= 4 is 0 Å². The summed E-state index contributed by atoms with van der Waals surface area (Å²) >= 11 is 0. The zero-order valence-electron chi connectivity index (χ0n) is 13.8. The average molecular weight is 333 g/mol. The maximum Gasteiger partial charge on any atom is 0.294 e. The van der Waals surface area contributed by atoms with Gasteiger partial charge in [0.05, 0.1) is 0 Å². The fourth-order valence-corrected chi connectivity index (χ4v) is 5.83. The molecular formula is C18H23NO5. The predicted molar refractivity (Wildman–Crippen MR) is 85.7 cm³/mol. The summed E-state index contributed by atoms with van der Waals surface area (Å²) < 4.78 is 0. The number of aromatic hydroxyl groups is 1. The van der Waals surface area contributed by atoms with Crippen molar-refractivity contribution in [2.75, 3.05) is 0 Å². The molecule has 6 heteroatoms. The number of benzene rings is 1. The van der Waals surface area contributed by atoms with Crippen LogP contribution in [0.2, 0.25) is 0 Å². The van der Waals surface area contributed by atoms with Crippen LogP contribution in [-0.2, 0) is 16.9 Å². The minimum atomic E-state index is -1.36. The highest BCUT2D eigenvalue weighted by atomic mass is 17.0. The van der Waals surface area contributed by atoms with Crippen molar-refractivity contribution in [3.05, 3.63) is 39.4 Å². The van der Waals surface area contributed by atoms with Gasteiger partial charge in [0.2, 0.25) is 0 Å². The van der Waals surface area contributed by atoms with Gasteiger partial charge >= 0.3 is 0 Å². The first kappa shape index (κ1) is 15.7. The molecule has 4 rings (SSSR count). The largest absolute Gasteiger partial charge is 0.508 e. The van der Waals surface area contributed by atoms with E-state index in [0.717, 1.165) is 37.7 Å². The number of nitrogens with zero attached hydrogens (tertiary/aromatic N) is 1. The van der Waals surface area contributed by atoms with E-state index in [4.69, 9.17) is 4.84 Å². The molecule has 0 unspecified atom stereocenters. The summed E-state index contributed by atoms with van der Waals surface area (Å²) in [5.41, 5.74) is 0.194. The van der Waals surface area contributed by atoms with E-state index in [0.29, 0.717) is 17.9 Å². The first-order valence-corrected chi connectivity index (χ1v) is 8.70. The van der Waals surface area contributed by atoms with Gasteiger partial charge in [-0.1, -0.05) is 19.4 Å². The second-order valence-corrected chi connectivity index (χ2v) is 7.99. The number of hydrogen-bond donors (Lipinski definition) is 2. The Labute approximate surface area is 140 Å². The lowest BCUT2D eigenvalue weighted by Crippen LogP contribution is -2.60. The monoisotopic (exact) mass is 333 g/mol. The maximum atomic E-state index is 11.7. The second-order valence-electron chi connectivity index (χ2n) is 7.99. The normalized spacial score (nSPS) is 40.3. The Morgan fingerprint density at radius 3 is 2.88 bits per heavy atom. The molecule has 2 fully saturated rings. The quantitative estimate of drug-likeness (QED) is 0.641. The van der Waals surface area contributed by atoms with E-state index in [2.05, 4.69) is 6.92 Å². The summed E-state index contributed by atoms with van der Waals surface area (Å²) in [5.74, 6) is 0.473. The van der Waals surface area contributed by atoms with Gasteiger partial charge in [0, 0.05) is 0 Å². The summed E-state index contributed by atoms with van der Waals surface area (Å²) in [6, 6.07) is 4.92. The van der Waals surface area contributed by atoms with Crippen LogP contribution in [0.5, 0.6) is 5.75 Å². The number of phenols is 1. The minimum Gasteiger partial charge on any atom is -0.508 e. The Kier molecular flexibility index (Phi) is 3.33. The molecule has 0 heterocycles. The SMILES string of the molecule is C[C@@]12CCC[C@H]1[C@@H]1CCc3cc(O)ccc3[C@@]1(O)[C@@H](O[N+](=O)[O-])C2. The van der Waals surface area contributed by atoms with Gasteiger partial charge < -0.3 is 15.1 Å². The Hall–Kier alpha value is -1.82.